The Morgan fingerprint density at radius 1 is 1.11 bits per heavy atom. The second-order valence-corrected chi connectivity index (χ2v) is 6.78. The molecule has 0 amide bonds. The van der Waals surface area contributed by atoms with Crippen LogP contribution in [0.3, 0.4) is 0 Å². The molecule has 5 heteroatoms. The summed E-state index contributed by atoms with van der Waals surface area (Å²) in [5.41, 5.74) is 4.52. The van der Waals surface area contributed by atoms with E-state index in [0.717, 1.165) is 41.5 Å². The lowest BCUT2D eigenvalue weighted by Gasteiger charge is -2.22. The summed E-state index contributed by atoms with van der Waals surface area (Å²) in [7, 11) is 0. The molecule has 2 aromatic rings. The number of fused-ring (bicyclic) bond motifs is 3. The Morgan fingerprint density at radius 2 is 1.70 bits per heavy atom. The quantitative estimate of drug-likeness (QED) is 0.440. The molecule has 0 aliphatic heterocycles. The Balaban J connectivity index is 1.71. The zero-order chi connectivity index (χ0) is 19.2. The number of hydrogen-bond donors (Lipinski definition) is 1. The molecule has 1 N–H and O–H groups in total. The number of ether oxygens (including phenoxy) is 1. The smallest absolute Gasteiger partial charge is 0.328 e. The fourth-order valence-electron chi connectivity index (χ4n) is 3.59. The third kappa shape index (κ3) is 4.30. The monoisotopic (exact) mass is 366 g/mol. The normalized spacial score (nSPS) is 14.5. The van der Waals surface area contributed by atoms with Crippen molar-refractivity contribution >= 4 is 12.1 Å². The molecule has 0 aromatic heterocycles. The Morgan fingerprint density at radius 3 is 2.26 bits per heavy atom. The van der Waals surface area contributed by atoms with Gasteiger partial charge in [-0.05, 0) is 28.7 Å². The molecular formula is C22H24NO4-. The van der Waals surface area contributed by atoms with Gasteiger partial charge in [0.15, 0.2) is 0 Å². The van der Waals surface area contributed by atoms with Crippen molar-refractivity contribution in [1.29, 1.82) is 0 Å². The van der Waals surface area contributed by atoms with E-state index in [0.29, 0.717) is 6.42 Å². The molecule has 0 radical (unpaired) electrons. The predicted molar refractivity (Wildman–Crippen MR) is 103 cm³/mol. The topological polar surface area (TPSA) is 82.0 Å². The highest BCUT2D eigenvalue weighted by Gasteiger charge is 2.27. The standard InChI is InChI=1S/C22H25NO4/c1-2-3-4-13-20(21(24)25)23-22(26)27-14-19-17-11-7-5-9-15(17)16-10-6-8-12-18(16)19/h5-12,19-20H,2-4,13-14H2,1H3,(H,23,26)(H,24,25)/p-1/t20-/m0/s1. The predicted octanol–water partition coefficient (Wildman–Crippen LogP) is 3.57. The second-order valence-electron chi connectivity index (χ2n) is 6.78. The summed E-state index contributed by atoms with van der Waals surface area (Å²) in [6.45, 7) is 2.19. The number of carboxylic acids is 1. The molecule has 1 aliphatic rings. The van der Waals surface area contributed by atoms with Crippen LogP contribution in [0.25, 0.3) is 11.1 Å². The molecule has 0 unspecified atom stereocenters. The molecule has 0 fully saturated rings. The highest BCUT2D eigenvalue weighted by atomic mass is 16.6. The third-order valence-corrected chi connectivity index (χ3v) is 4.96. The number of carbonyl (C=O) groups is 1. The van der Waals surface area contributed by atoms with Gasteiger partial charge in [-0.15, -0.1) is 0 Å². The fourth-order valence-corrected chi connectivity index (χ4v) is 3.59. The zero-order valence-electron chi connectivity index (χ0n) is 15.4. The number of nitrogens with zero attached hydrogens (tertiary/aromatic N) is 1. The van der Waals surface area contributed by atoms with Gasteiger partial charge < -0.3 is 14.9 Å². The minimum Gasteiger partial charge on any atom is -0.599 e. The molecule has 1 aliphatic carbocycles. The maximum Gasteiger partial charge on any atom is 0.328 e. The average molecular weight is 366 g/mol. The zero-order valence-corrected chi connectivity index (χ0v) is 15.4. The Kier molecular flexibility index (Phi) is 6.12. The summed E-state index contributed by atoms with van der Waals surface area (Å²) in [6, 6.07) is 15.1. The highest BCUT2D eigenvalue weighted by molar-refractivity contribution is 5.79. The van der Waals surface area contributed by atoms with Crippen molar-refractivity contribution in [3.63, 3.8) is 0 Å². The molecule has 0 bridgehead atoms. The lowest BCUT2D eigenvalue weighted by atomic mass is 9.98. The Labute approximate surface area is 159 Å². The Bertz CT molecular complexity index is 785. The van der Waals surface area contributed by atoms with Crippen LogP contribution in [0.15, 0.2) is 53.5 Å². The number of unbranched alkanes of at least 4 members (excludes halogenated alkanes) is 2. The summed E-state index contributed by atoms with van der Waals surface area (Å²) in [5.74, 6) is -1.14. The molecule has 142 valence electrons. The first-order valence-electron chi connectivity index (χ1n) is 9.40. The first-order valence-corrected chi connectivity index (χ1v) is 9.40. The number of benzene rings is 2. The van der Waals surface area contributed by atoms with Crippen molar-refractivity contribution in [2.75, 3.05) is 6.61 Å². The van der Waals surface area contributed by atoms with Gasteiger partial charge in [-0.3, -0.25) is 4.99 Å². The van der Waals surface area contributed by atoms with E-state index in [2.05, 4.69) is 17.1 Å². The van der Waals surface area contributed by atoms with Crippen molar-refractivity contribution in [3.8, 4) is 11.1 Å². The van der Waals surface area contributed by atoms with Crippen LogP contribution in [0.2, 0.25) is 0 Å². The van der Waals surface area contributed by atoms with Crippen molar-refractivity contribution in [3.05, 3.63) is 59.7 Å². The second kappa shape index (κ2) is 8.71. The first-order chi connectivity index (χ1) is 13.1. The van der Waals surface area contributed by atoms with Gasteiger partial charge in [0.05, 0.1) is 0 Å². The number of rotatable bonds is 8. The molecule has 3 rings (SSSR count). The van der Waals surface area contributed by atoms with Gasteiger partial charge in [0.2, 0.25) is 0 Å². The van der Waals surface area contributed by atoms with Crippen molar-refractivity contribution < 1.29 is 19.7 Å². The van der Waals surface area contributed by atoms with Crippen molar-refractivity contribution in [2.45, 2.75) is 44.6 Å². The van der Waals surface area contributed by atoms with Gasteiger partial charge in [-0.25, -0.2) is 4.79 Å². The molecule has 2 aromatic carbocycles. The summed E-state index contributed by atoms with van der Waals surface area (Å²) in [4.78, 5) is 15.1. The van der Waals surface area contributed by atoms with E-state index in [4.69, 9.17) is 4.74 Å². The van der Waals surface area contributed by atoms with Crippen LogP contribution < -0.4 is 5.11 Å². The first kappa shape index (κ1) is 19.0. The average Bonchev–Trinajstić information content (AvgIpc) is 2.99. The lowest BCUT2D eigenvalue weighted by molar-refractivity contribution is -0.251. The van der Waals surface area contributed by atoms with E-state index >= 15 is 0 Å². The maximum absolute atomic E-state index is 12.1. The SMILES string of the molecule is CCCCC[C@H](N=C([O-])OCC1c2ccccc2-c2ccccc21)C(=O)O. The molecule has 27 heavy (non-hydrogen) atoms. The summed E-state index contributed by atoms with van der Waals surface area (Å²) < 4.78 is 5.36. The highest BCUT2D eigenvalue weighted by Crippen LogP contribution is 2.44. The maximum atomic E-state index is 12.1. The van der Waals surface area contributed by atoms with Crippen LogP contribution in [0.4, 0.5) is 0 Å². The fraction of sp³-hybridized carbons (Fsp3) is 0.364. The van der Waals surface area contributed by atoms with Gasteiger partial charge in [-0.2, -0.15) is 0 Å². The van der Waals surface area contributed by atoms with E-state index in [1.54, 1.807) is 0 Å². The van der Waals surface area contributed by atoms with Crippen LogP contribution in [-0.2, 0) is 9.53 Å². The minimum absolute atomic E-state index is 0.0556. The van der Waals surface area contributed by atoms with Crippen molar-refractivity contribution in [1.82, 2.24) is 0 Å². The van der Waals surface area contributed by atoms with Crippen LogP contribution in [-0.4, -0.2) is 29.8 Å². The van der Waals surface area contributed by atoms with Crippen molar-refractivity contribution in [2.24, 2.45) is 4.99 Å². The molecule has 5 nitrogen and oxygen atoms in total. The summed E-state index contributed by atoms with van der Waals surface area (Å²) in [6.07, 6.45) is 2.18. The molecule has 0 spiro atoms. The van der Waals surface area contributed by atoms with E-state index in [1.165, 1.54) is 0 Å². The largest absolute Gasteiger partial charge is 0.599 e. The molecule has 0 saturated heterocycles. The minimum atomic E-state index is -1.08. The van der Waals surface area contributed by atoms with Crippen LogP contribution in [0, 0.1) is 0 Å². The van der Waals surface area contributed by atoms with Crippen LogP contribution in [0.5, 0.6) is 0 Å². The molecule has 0 saturated carbocycles. The number of carboxylic acid groups (broad SMARTS) is 1. The lowest BCUT2D eigenvalue weighted by Crippen LogP contribution is -2.29. The van der Waals surface area contributed by atoms with Crippen LogP contribution in [0.1, 0.15) is 49.7 Å². The van der Waals surface area contributed by atoms with E-state index < -0.39 is 18.1 Å². The summed E-state index contributed by atoms with van der Waals surface area (Å²) in [5, 5.41) is 21.4. The van der Waals surface area contributed by atoms with E-state index in [1.807, 2.05) is 43.3 Å². The van der Waals surface area contributed by atoms with Gasteiger partial charge in [0.1, 0.15) is 12.1 Å². The molecule has 0 heterocycles. The number of aliphatic imine (C=N–C) groups is 1. The molecular weight excluding hydrogens is 342 g/mol. The van der Waals surface area contributed by atoms with E-state index in [9.17, 15) is 15.0 Å². The third-order valence-electron chi connectivity index (χ3n) is 4.96. The van der Waals surface area contributed by atoms with Gasteiger partial charge in [-0.1, -0.05) is 74.7 Å². The molecule has 1 atom stereocenters. The van der Waals surface area contributed by atoms with Gasteiger partial charge in [0, 0.05) is 12.5 Å². The van der Waals surface area contributed by atoms with Gasteiger partial charge >= 0.3 is 5.97 Å². The van der Waals surface area contributed by atoms with Gasteiger partial charge in [0.25, 0.3) is 0 Å². The van der Waals surface area contributed by atoms with E-state index in [-0.39, 0.29) is 12.5 Å². The summed E-state index contributed by atoms with van der Waals surface area (Å²) >= 11 is 0. The number of hydrogen-bond acceptors (Lipinski definition) is 4. The Hall–Kier alpha value is -2.82. The number of aliphatic carboxylic acids is 1. The van der Waals surface area contributed by atoms with Crippen LogP contribution >= 0.6 is 0 Å².